The second-order valence-corrected chi connectivity index (χ2v) is 6.51. The van der Waals surface area contributed by atoms with Crippen molar-refractivity contribution in [3.63, 3.8) is 0 Å². The van der Waals surface area contributed by atoms with Crippen LogP contribution in [0.1, 0.15) is 23.7 Å². The molecule has 0 saturated carbocycles. The molecule has 0 aromatic heterocycles. The van der Waals surface area contributed by atoms with E-state index in [1.54, 1.807) is 12.1 Å². The monoisotopic (exact) mass is 429 g/mol. The average Bonchev–Trinajstić information content (AvgIpc) is 2.96. The van der Waals surface area contributed by atoms with Crippen molar-refractivity contribution in [2.24, 2.45) is 0 Å². The molecule has 0 bridgehead atoms. The number of ether oxygens (including phenoxy) is 3. The van der Waals surface area contributed by atoms with Crippen molar-refractivity contribution < 1.29 is 33.5 Å². The second kappa shape index (κ2) is 9.57. The lowest BCUT2D eigenvalue weighted by atomic mass is 10.2. The molecule has 2 amide bonds. The molecule has 0 radical (unpaired) electrons. The maximum Gasteiger partial charge on any atom is 0.338 e. The number of amides is 2. The number of hydrogen-bond acceptors (Lipinski definition) is 8. The van der Waals surface area contributed by atoms with Crippen LogP contribution in [0.4, 0.5) is 17.1 Å². The van der Waals surface area contributed by atoms with E-state index >= 15 is 0 Å². The molecule has 2 aromatic rings. The number of esters is 1. The highest BCUT2D eigenvalue weighted by molar-refractivity contribution is 5.98. The van der Waals surface area contributed by atoms with E-state index in [4.69, 9.17) is 14.2 Å². The van der Waals surface area contributed by atoms with Gasteiger partial charge in [-0.1, -0.05) is 6.07 Å². The zero-order chi connectivity index (χ0) is 22.4. The number of fused-ring (bicyclic) bond motifs is 1. The number of nitro benzene ring substituents is 1. The summed E-state index contributed by atoms with van der Waals surface area (Å²) in [7, 11) is 0. The number of nitrogens with zero attached hydrogens (tertiary/aromatic N) is 1. The smallest absolute Gasteiger partial charge is 0.338 e. The molecule has 1 aliphatic heterocycles. The number of carbonyl (C=O) groups excluding carboxylic acids is 3. The molecule has 0 atom stereocenters. The maximum absolute atomic E-state index is 12.2. The van der Waals surface area contributed by atoms with E-state index in [0.29, 0.717) is 25.3 Å². The lowest BCUT2D eigenvalue weighted by Gasteiger charge is -2.11. The van der Waals surface area contributed by atoms with Crippen molar-refractivity contribution in [3.05, 3.63) is 52.1 Å². The third-order valence-corrected chi connectivity index (χ3v) is 4.09. The molecular formula is C20H19N3O8. The van der Waals surface area contributed by atoms with Gasteiger partial charge in [0.05, 0.1) is 29.8 Å². The van der Waals surface area contributed by atoms with Crippen LogP contribution in [0.3, 0.4) is 0 Å². The molecule has 0 aliphatic carbocycles. The highest BCUT2D eigenvalue weighted by Gasteiger charge is 2.23. The third kappa shape index (κ3) is 5.69. The van der Waals surface area contributed by atoms with Crippen LogP contribution in [0.2, 0.25) is 0 Å². The number of anilines is 2. The quantitative estimate of drug-likeness (QED) is 0.405. The minimum absolute atomic E-state index is 0.108. The molecule has 0 spiro atoms. The zero-order valence-electron chi connectivity index (χ0n) is 16.5. The van der Waals surface area contributed by atoms with Gasteiger partial charge in [-0.3, -0.25) is 19.7 Å². The van der Waals surface area contributed by atoms with Gasteiger partial charge in [0.1, 0.15) is 5.69 Å². The first kappa shape index (κ1) is 21.6. The predicted octanol–water partition coefficient (Wildman–Crippen LogP) is 2.51. The minimum atomic E-state index is -0.796. The highest BCUT2D eigenvalue weighted by Crippen LogP contribution is 2.39. The molecule has 2 aromatic carbocycles. The number of nitrogens with one attached hydrogen (secondary N) is 2. The van der Waals surface area contributed by atoms with Gasteiger partial charge in [0.15, 0.2) is 18.1 Å². The predicted molar refractivity (Wildman–Crippen MR) is 108 cm³/mol. The first-order valence-electron chi connectivity index (χ1n) is 9.26. The molecule has 0 saturated heterocycles. The molecule has 1 aliphatic rings. The Hall–Kier alpha value is -4.15. The Morgan fingerprint density at radius 2 is 1.81 bits per heavy atom. The van der Waals surface area contributed by atoms with Crippen LogP contribution in [0.5, 0.6) is 11.5 Å². The minimum Gasteiger partial charge on any atom is -0.489 e. The Bertz CT molecular complexity index is 1040. The number of hydrogen-bond donors (Lipinski definition) is 2. The van der Waals surface area contributed by atoms with Crippen LogP contribution in [-0.4, -0.2) is 42.5 Å². The molecule has 11 nitrogen and oxygen atoms in total. The van der Waals surface area contributed by atoms with E-state index in [1.165, 1.54) is 31.2 Å². The molecule has 31 heavy (non-hydrogen) atoms. The first-order chi connectivity index (χ1) is 14.8. The Morgan fingerprint density at radius 1 is 1.10 bits per heavy atom. The SMILES string of the molecule is CC(=O)Nc1cccc(C(=O)OCC(=O)Nc2cc3c(cc2[N+](=O)[O-])OCCCO3)c1. The van der Waals surface area contributed by atoms with E-state index in [2.05, 4.69) is 10.6 Å². The number of carbonyl (C=O) groups is 3. The van der Waals surface area contributed by atoms with Crippen molar-refractivity contribution in [3.8, 4) is 11.5 Å². The summed E-state index contributed by atoms with van der Waals surface area (Å²) in [5, 5.41) is 16.3. The van der Waals surface area contributed by atoms with Crippen LogP contribution in [0.25, 0.3) is 0 Å². The van der Waals surface area contributed by atoms with Gasteiger partial charge in [-0.25, -0.2) is 4.79 Å². The Morgan fingerprint density at radius 3 is 2.48 bits per heavy atom. The molecule has 0 unspecified atom stereocenters. The van der Waals surface area contributed by atoms with Gasteiger partial charge < -0.3 is 24.8 Å². The summed E-state index contributed by atoms with van der Waals surface area (Å²) in [4.78, 5) is 46.3. The fourth-order valence-electron chi connectivity index (χ4n) is 2.78. The summed E-state index contributed by atoms with van der Waals surface area (Å²) in [5.74, 6) is -1.39. The molecule has 1 heterocycles. The summed E-state index contributed by atoms with van der Waals surface area (Å²) in [6.45, 7) is 1.38. The fraction of sp³-hybridized carbons (Fsp3) is 0.250. The highest BCUT2D eigenvalue weighted by atomic mass is 16.6. The first-order valence-corrected chi connectivity index (χ1v) is 9.26. The Balaban J connectivity index is 1.67. The molecule has 11 heteroatoms. The molecule has 3 rings (SSSR count). The third-order valence-electron chi connectivity index (χ3n) is 4.09. The van der Waals surface area contributed by atoms with E-state index in [9.17, 15) is 24.5 Å². The van der Waals surface area contributed by atoms with Crippen LogP contribution in [-0.2, 0) is 14.3 Å². The van der Waals surface area contributed by atoms with Crippen LogP contribution in [0.15, 0.2) is 36.4 Å². The van der Waals surface area contributed by atoms with Gasteiger partial charge in [0.25, 0.3) is 11.6 Å². The maximum atomic E-state index is 12.2. The van der Waals surface area contributed by atoms with Crippen LogP contribution in [0, 0.1) is 10.1 Å². The lowest BCUT2D eigenvalue weighted by molar-refractivity contribution is -0.384. The van der Waals surface area contributed by atoms with Gasteiger partial charge in [0.2, 0.25) is 5.91 Å². The summed E-state index contributed by atoms with van der Waals surface area (Å²) in [5.41, 5.74) is 0.0322. The number of rotatable bonds is 6. The normalized spacial score (nSPS) is 12.3. The van der Waals surface area contributed by atoms with Crippen molar-refractivity contribution in [2.45, 2.75) is 13.3 Å². The van der Waals surface area contributed by atoms with Crippen molar-refractivity contribution in [1.82, 2.24) is 0 Å². The van der Waals surface area contributed by atoms with Crippen molar-refractivity contribution in [1.29, 1.82) is 0 Å². The number of benzene rings is 2. The van der Waals surface area contributed by atoms with E-state index in [0.717, 1.165) is 0 Å². The van der Waals surface area contributed by atoms with Gasteiger partial charge in [-0.2, -0.15) is 0 Å². The van der Waals surface area contributed by atoms with E-state index in [-0.39, 0.29) is 34.3 Å². The Labute approximate surface area is 176 Å². The summed E-state index contributed by atoms with van der Waals surface area (Å²) in [6, 6.07) is 8.47. The standard InChI is InChI=1S/C20H19N3O8/c1-12(24)21-14-5-2-4-13(8-14)20(26)31-11-19(25)22-15-9-17-18(10-16(15)23(27)28)30-7-3-6-29-17/h2,4-5,8-10H,3,6-7,11H2,1H3,(H,21,24)(H,22,25). The molecule has 0 fully saturated rings. The summed E-state index contributed by atoms with van der Waals surface area (Å²) in [6.07, 6.45) is 0.614. The van der Waals surface area contributed by atoms with Gasteiger partial charge in [-0.15, -0.1) is 0 Å². The average molecular weight is 429 g/mol. The molecular weight excluding hydrogens is 410 g/mol. The van der Waals surface area contributed by atoms with Crippen LogP contribution >= 0.6 is 0 Å². The summed E-state index contributed by atoms with van der Waals surface area (Å²) < 4.78 is 15.9. The van der Waals surface area contributed by atoms with Crippen molar-refractivity contribution in [2.75, 3.05) is 30.5 Å². The molecule has 2 N–H and O–H groups in total. The van der Waals surface area contributed by atoms with Gasteiger partial charge in [-0.05, 0) is 18.2 Å². The van der Waals surface area contributed by atoms with Crippen molar-refractivity contribution >= 4 is 34.8 Å². The fourth-order valence-corrected chi connectivity index (χ4v) is 2.78. The van der Waals surface area contributed by atoms with Crippen LogP contribution < -0.4 is 20.1 Å². The Kier molecular flexibility index (Phi) is 6.65. The molecule has 162 valence electrons. The van der Waals surface area contributed by atoms with Gasteiger partial charge in [0, 0.05) is 25.1 Å². The van der Waals surface area contributed by atoms with E-state index < -0.39 is 23.4 Å². The lowest BCUT2D eigenvalue weighted by Crippen LogP contribution is -2.21. The second-order valence-electron chi connectivity index (χ2n) is 6.51. The van der Waals surface area contributed by atoms with Gasteiger partial charge >= 0.3 is 5.97 Å². The largest absolute Gasteiger partial charge is 0.489 e. The van der Waals surface area contributed by atoms with E-state index in [1.807, 2.05) is 0 Å². The summed E-state index contributed by atoms with van der Waals surface area (Å²) >= 11 is 0. The zero-order valence-corrected chi connectivity index (χ0v) is 16.5. The number of nitro groups is 1. The topological polar surface area (TPSA) is 146 Å².